The first kappa shape index (κ1) is 56.3. The third-order valence-electron chi connectivity index (χ3n) is 17.0. The molecule has 3 fully saturated rings. The van der Waals surface area contributed by atoms with E-state index < -0.39 is 29.0 Å². The molecule has 4 amide bonds. The van der Waals surface area contributed by atoms with E-state index >= 15 is 0 Å². The number of nitrogens with zero attached hydrogens (tertiary/aromatic N) is 6. The summed E-state index contributed by atoms with van der Waals surface area (Å²) in [6, 6.07) is 16.7. The lowest BCUT2D eigenvalue weighted by Gasteiger charge is -2.44. The van der Waals surface area contributed by atoms with Gasteiger partial charge in [0.1, 0.15) is 12.1 Å². The molecule has 3 aliphatic heterocycles. The molecule has 0 radical (unpaired) electrons. The van der Waals surface area contributed by atoms with Crippen LogP contribution in [0.25, 0.3) is 26.2 Å². The molecule has 5 heterocycles. The molecule has 15 nitrogen and oxygen atoms in total. The molecule has 16 heteroatoms. The SMILES string of the molecule is [C-]#[N+]c1ccc2c3c([nH]c2c1)C(C)(C)c1cc(N2CCC(N4CCN(C(=O)CCCCCCCCC(=O)N[C@H](C(=O)N5C[C@H](O)C[C@H]5C(=O)NCc5ccc(-c6scnc6C)cc5)C(C)(C)C)CC4)CC2)c(CC)cc1C3=O. The van der Waals surface area contributed by atoms with Crippen molar-refractivity contribution in [2.24, 2.45) is 5.41 Å². The second kappa shape index (κ2) is 23.9. The molecule has 414 valence electrons. The molecule has 0 saturated carbocycles. The number of aliphatic hydroxyl groups excluding tert-OH is 1. The molecular weight excluding hydrogens is 999 g/mol. The van der Waals surface area contributed by atoms with E-state index in [1.165, 1.54) is 16.2 Å². The number of aromatic amines is 1. The van der Waals surface area contributed by atoms with Gasteiger partial charge in [0, 0.05) is 111 Å². The lowest BCUT2D eigenvalue weighted by atomic mass is 9.70. The van der Waals surface area contributed by atoms with Gasteiger partial charge in [-0.25, -0.2) is 9.83 Å². The summed E-state index contributed by atoms with van der Waals surface area (Å²) in [4.78, 5) is 89.5. The minimum absolute atomic E-state index is 0.0266. The van der Waals surface area contributed by atoms with Crippen LogP contribution >= 0.6 is 11.3 Å². The van der Waals surface area contributed by atoms with Crippen molar-refractivity contribution in [3.63, 3.8) is 0 Å². The number of aryl methyl sites for hydroxylation is 2. The normalized spacial score (nSPS) is 19.1. The highest BCUT2D eigenvalue weighted by atomic mass is 32.1. The molecule has 0 unspecified atom stereocenters. The number of benzene rings is 3. The smallest absolute Gasteiger partial charge is 0.246 e. The van der Waals surface area contributed by atoms with Crippen molar-refractivity contribution in [3.8, 4) is 10.4 Å². The topological polar surface area (TPSA) is 176 Å². The maximum atomic E-state index is 14.2. The number of unbranched alkanes of at least 4 members (excludes halogenated alkanes) is 5. The van der Waals surface area contributed by atoms with Crippen LogP contribution in [0.15, 0.2) is 60.1 Å². The van der Waals surface area contributed by atoms with Gasteiger partial charge < -0.3 is 35.4 Å². The monoisotopic (exact) mass is 1080 g/mol. The third kappa shape index (κ3) is 12.1. The number of anilines is 1. The van der Waals surface area contributed by atoms with Gasteiger partial charge in [0.15, 0.2) is 11.5 Å². The fourth-order valence-electron chi connectivity index (χ4n) is 12.4. The van der Waals surface area contributed by atoms with Crippen LogP contribution < -0.4 is 15.5 Å². The molecule has 4 N–H and O–H groups in total. The number of aliphatic hydroxyl groups is 1. The second-order valence-electron chi connectivity index (χ2n) is 23.8. The molecule has 4 aliphatic rings. The van der Waals surface area contributed by atoms with Gasteiger partial charge in [-0.05, 0) is 84.9 Å². The molecule has 0 spiro atoms. The van der Waals surface area contributed by atoms with Gasteiger partial charge in [0.2, 0.25) is 23.6 Å². The van der Waals surface area contributed by atoms with Crippen molar-refractivity contribution in [3.05, 3.63) is 111 Å². The van der Waals surface area contributed by atoms with Gasteiger partial charge in [-0.3, -0.25) is 28.9 Å². The van der Waals surface area contributed by atoms with E-state index in [4.69, 9.17) is 6.57 Å². The average Bonchev–Trinajstić information content (AvgIpc) is 4.34. The quantitative estimate of drug-likeness (QED) is 0.0492. The van der Waals surface area contributed by atoms with E-state index in [0.29, 0.717) is 24.6 Å². The van der Waals surface area contributed by atoms with Crippen LogP contribution in [-0.4, -0.2) is 129 Å². The zero-order valence-electron chi connectivity index (χ0n) is 46.8. The van der Waals surface area contributed by atoms with Crippen molar-refractivity contribution in [2.75, 3.05) is 50.7 Å². The number of H-pyrrole nitrogens is 1. The van der Waals surface area contributed by atoms with Crippen LogP contribution in [0.1, 0.15) is 156 Å². The maximum absolute atomic E-state index is 14.2. The largest absolute Gasteiger partial charge is 0.391 e. The molecule has 3 atom stereocenters. The number of hydrogen-bond acceptors (Lipinski definition) is 10. The number of nitrogens with one attached hydrogen (secondary N) is 3. The van der Waals surface area contributed by atoms with Crippen LogP contribution in [0, 0.1) is 18.9 Å². The number of carbonyl (C=O) groups excluding carboxylic acids is 5. The van der Waals surface area contributed by atoms with Crippen LogP contribution in [0.3, 0.4) is 0 Å². The summed E-state index contributed by atoms with van der Waals surface area (Å²) >= 11 is 1.58. The van der Waals surface area contributed by atoms with Crippen LogP contribution in [0.5, 0.6) is 0 Å². The summed E-state index contributed by atoms with van der Waals surface area (Å²) in [5, 5.41) is 17.5. The van der Waals surface area contributed by atoms with Crippen molar-refractivity contribution in [1.29, 1.82) is 0 Å². The standard InChI is InChI=1S/C62H79N9O6S/c1-9-41-32-47-48(62(6,7)57-54(55(47)75)46-23-22-43(63-8)33-49(46)66-57)35-50(41)69-26-24-44(25-27-69)68-28-30-70(31-29-68)53(74)17-15-13-11-10-12-14-16-52(73)67-58(61(3,4)5)60(77)71-37-45(72)34-51(71)59(76)64-36-40-18-20-42(21-19-40)56-39(2)65-38-78-56/h18-23,32-33,35,38,44-45,51,58,66,72H,9-17,24-31,34,36-37H2,1-7H3,(H,64,76)(H,67,73)/t45-,51+,58-/m1/s1. The van der Waals surface area contributed by atoms with Crippen molar-refractivity contribution >= 4 is 63.0 Å². The molecule has 1 aliphatic carbocycles. The summed E-state index contributed by atoms with van der Waals surface area (Å²) in [7, 11) is 0. The average molecular weight is 1080 g/mol. The summed E-state index contributed by atoms with van der Waals surface area (Å²) in [6.45, 7) is 27.2. The Morgan fingerprint density at radius 2 is 1.62 bits per heavy atom. The number of rotatable bonds is 18. The fourth-order valence-corrected chi connectivity index (χ4v) is 13.2. The van der Waals surface area contributed by atoms with Crippen molar-refractivity contribution < 1.29 is 29.1 Å². The lowest BCUT2D eigenvalue weighted by Crippen LogP contribution is -2.57. The zero-order chi connectivity index (χ0) is 55.5. The molecule has 2 aromatic heterocycles. The fraction of sp³-hybridized carbons (Fsp3) is 0.532. The molecule has 78 heavy (non-hydrogen) atoms. The van der Waals surface area contributed by atoms with E-state index in [0.717, 1.165) is 146 Å². The third-order valence-corrected chi connectivity index (χ3v) is 18.0. The Labute approximate surface area is 464 Å². The highest BCUT2D eigenvalue weighted by Crippen LogP contribution is 2.46. The van der Waals surface area contributed by atoms with Crippen molar-refractivity contribution in [2.45, 2.75) is 162 Å². The first-order chi connectivity index (χ1) is 37.4. The minimum Gasteiger partial charge on any atom is -0.391 e. The first-order valence-electron chi connectivity index (χ1n) is 28.4. The number of thiazole rings is 1. The van der Waals surface area contributed by atoms with E-state index in [2.05, 4.69) is 68.2 Å². The maximum Gasteiger partial charge on any atom is 0.246 e. The van der Waals surface area contributed by atoms with E-state index in [1.54, 1.807) is 17.4 Å². The minimum atomic E-state index is -0.863. The highest BCUT2D eigenvalue weighted by molar-refractivity contribution is 7.13. The number of piperazine rings is 1. The number of carbonyl (C=O) groups is 5. The van der Waals surface area contributed by atoms with E-state index in [9.17, 15) is 29.1 Å². The Bertz CT molecular complexity index is 3060. The summed E-state index contributed by atoms with van der Waals surface area (Å²) in [5.41, 5.74) is 11.0. The van der Waals surface area contributed by atoms with Gasteiger partial charge in [-0.15, -0.1) is 11.3 Å². The number of β-amino-alcohol motifs (C(OH)–C–C–N with tert-alkyl or cyclic N) is 1. The number of fused-ring (bicyclic) bond motifs is 4. The van der Waals surface area contributed by atoms with Gasteiger partial charge in [-0.2, -0.15) is 0 Å². The number of piperidine rings is 1. The van der Waals surface area contributed by atoms with Gasteiger partial charge in [0.25, 0.3) is 0 Å². The Kier molecular flexibility index (Phi) is 17.3. The lowest BCUT2D eigenvalue weighted by molar-refractivity contribution is -0.144. The van der Waals surface area contributed by atoms with Crippen LogP contribution in [-0.2, 0) is 37.6 Å². The number of ketones is 1. The Balaban J connectivity index is 0.660. The number of amides is 4. The molecule has 3 saturated heterocycles. The number of aromatic nitrogens is 2. The number of hydrogen-bond donors (Lipinski definition) is 4. The van der Waals surface area contributed by atoms with Gasteiger partial charge in [-0.1, -0.05) is 104 Å². The second-order valence-corrected chi connectivity index (χ2v) is 24.6. The summed E-state index contributed by atoms with van der Waals surface area (Å²) < 4.78 is 0. The Morgan fingerprint density at radius 1 is 0.923 bits per heavy atom. The highest BCUT2D eigenvalue weighted by Gasteiger charge is 2.45. The molecule has 5 aromatic rings. The Morgan fingerprint density at radius 3 is 2.27 bits per heavy atom. The molecule has 0 bridgehead atoms. The zero-order valence-corrected chi connectivity index (χ0v) is 47.6. The molecular formula is C62H79N9O6S. The van der Waals surface area contributed by atoms with Gasteiger partial charge in [0.05, 0.1) is 34.3 Å². The molecule has 9 rings (SSSR count). The van der Waals surface area contributed by atoms with E-state index in [1.807, 2.05) is 74.5 Å². The van der Waals surface area contributed by atoms with Crippen LogP contribution in [0.2, 0.25) is 0 Å². The van der Waals surface area contributed by atoms with Crippen LogP contribution in [0.4, 0.5) is 11.4 Å². The summed E-state index contributed by atoms with van der Waals surface area (Å²) in [6.07, 6.45) is 8.37. The predicted octanol–water partition coefficient (Wildman–Crippen LogP) is 9.63. The van der Waals surface area contributed by atoms with Crippen molar-refractivity contribution in [1.82, 2.24) is 35.3 Å². The van der Waals surface area contributed by atoms with E-state index in [-0.39, 0.29) is 55.3 Å². The molecule has 3 aromatic carbocycles. The first-order valence-corrected chi connectivity index (χ1v) is 29.3. The Hall–Kier alpha value is -6.41. The number of likely N-dealkylation sites (tertiary alicyclic amines) is 1. The summed E-state index contributed by atoms with van der Waals surface area (Å²) in [5.74, 6) is -0.626. The predicted molar refractivity (Wildman–Crippen MR) is 308 cm³/mol. The van der Waals surface area contributed by atoms with Gasteiger partial charge >= 0.3 is 0 Å².